The molecule has 5 heteroatoms. The van der Waals surface area contributed by atoms with Crippen molar-refractivity contribution in [3.63, 3.8) is 0 Å². The van der Waals surface area contributed by atoms with E-state index in [0.717, 1.165) is 5.56 Å². The number of nitrogens with one attached hydrogen (secondary N) is 1. The minimum atomic E-state index is -0.247. The van der Waals surface area contributed by atoms with Gasteiger partial charge in [0, 0.05) is 6.54 Å². The topological polar surface area (TPSA) is 71.3 Å². The van der Waals surface area contributed by atoms with Crippen LogP contribution in [-0.4, -0.2) is 19.6 Å². The van der Waals surface area contributed by atoms with Crippen molar-refractivity contribution < 1.29 is 14.3 Å². The van der Waals surface area contributed by atoms with E-state index in [1.54, 1.807) is 7.11 Å². The quantitative estimate of drug-likeness (QED) is 0.853. The molecule has 5 nitrogen and oxygen atoms in total. The second kappa shape index (κ2) is 8.44. The predicted molar refractivity (Wildman–Crippen MR) is 86.5 cm³/mol. The van der Waals surface area contributed by atoms with E-state index in [-0.39, 0.29) is 12.3 Å². The van der Waals surface area contributed by atoms with Crippen molar-refractivity contribution in [3.05, 3.63) is 54.1 Å². The monoisotopic (exact) mass is 310 g/mol. The summed E-state index contributed by atoms with van der Waals surface area (Å²) in [6.45, 7) is 0.507. The van der Waals surface area contributed by atoms with Gasteiger partial charge in [0.05, 0.1) is 13.2 Å². The third-order valence-corrected chi connectivity index (χ3v) is 3.20. The molecule has 2 aromatic carbocycles. The molecule has 0 saturated heterocycles. The number of para-hydroxylation sites is 2. The van der Waals surface area contributed by atoms with E-state index in [4.69, 9.17) is 14.7 Å². The fourth-order valence-electron chi connectivity index (χ4n) is 2.03. The molecule has 23 heavy (non-hydrogen) atoms. The lowest BCUT2D eigenvalue weighted by molar-refractivity contribution is -0.120. The average Bonchev–Trinajstić information content (AvgIpc) is 2.57. The minimum Gasteiger partial charge on any atom is -0.493 e. The van der Waals surface area contributed by atoms with Crippen molar-refractivity contribution in [2.24, 2.45) is 0 Å². The fraction of sp³-hybridized carbons (Fsp3) is 0.222. The summed E-state index contributed by atoms with van der Waals surface area (Å²) in [6.07, 6.45) is 0.595. The fourth-order valence-corrected chi connectivity index (χ4v) is 2.03. The van der Waals surface area contributed by atoms with Gasteiger partial charge in [-0.1, -0.05) is 24.3 Å². The van der Waals surface area contributed by atoms with Gasteiger partial charge >= 0.3 is 0 Å². The first-order valence-electron chi connectivity index (χ1n) is 7.26. The van der Waals surface area contributed by atoms with Crippen molar-refractivity contribution in [1.29, 1.82) is 5.26 Å². The van der Waals surface area contributed by atoms with Crippen LogP contribution in [0.15, 0.2) is 48.5 Å². The zero-order valence-electron chi connectivity index (χ0n) is 12.9. The van der Waals surface area contributed by atoms with Crippen molar-refractivity contribution in [2.75, 3.05) is 13.7 Å². The summed E-state index contributed by atoms with van der Waals surface area (Å²) in [4.78, 5) is 11.2. The Morgan fingerprint density at radius 3 is 2.48 bits per heavy atom. The number of nitriles is 1. The second-order valence-electron chi connectivity index (χ2n) is 4.83. The number of ether oxygens (including phenoxy) is 2. The van der Waals surface area contributed by atoms with Crippen LogP contribution in [0.25, 0.3) is 0 Å². The summed E-state index contributed by atoms with van der Waals surface area (Å²) < 4.78 is 11.0. The van der Waals surface area contributed by atoms with Gasteiger partial charge in [-0.25, -0.2) is 0 Å². The lowest BCUT2D eigenvalue weighted by Gasteiger charge is -2.10. The van der Waals surface area contributed by atoms with Crippen molar-refractivity contribution >= 4 is 5.91 Å². The molecule has 118 valence electrons. The molecule has 0 atom stereocenters. The Balaban J connectivity index is 1.90. The number of rotatable bonds is 7. The summed E-state index contributed by atoms with van der Waals surface area (Å²) in [5.41, 5.74) is 1.08. The molecule has 0 heterocycles. The van der Waals surface area contributed by atoms with Crippen LogP contribution in [0.3, 0.4) is 0 Å². The maximum Gasteiger partial charge on any atom is 0.234 e. The van der Waals surface area contributed by atoms with Crippen molar-refractivity contribution in [1.82, 2.24) is 5.32 Å². The Hall–Kier alpha value is -3.00. The van der Waals surface area contributed by atoms with E-state index in [9.17, 15) is 4.79 Å². The molecule has 0 aliphatic rings. The molecule has 0 aromatic heterocycles. The van der Waals surface area contributed by atoms with Crippen LogP contribution in [0.1, 0.15) is 12.0 Å². The summed E-state index contributed by atoms with van der Waals surface area (Å²) in [5, 5.41) is 11.1. The van der Waals surface area contributed by atoms with Crippen LogP contribution < -0.4 is 14.8 Å². The van der Waals surface area contributed by atoms with E-state index < -0.39 is 0 Å². The van der Waals surface area contributed by atoms with E-state index in [2.05, 4.69) is 5.32 Å². The third kappa shape index (κ3) is 5.04. The Bertz CT molecular complexity index is 690. The maximum absolute atomic E-state index is 11.2. The second-order valence-corrected chi connectivity index (χ2v) is 4.83. The first kappa shape index (κ1) is 16.4. The Labute approximate surface area is 135 Å². The van der Waals surface area contributed by atoms with Crippen molar-refractivity contribution in [2.45, 2.75) is 12.8 Å². The van der Waals surface area contributed by atoms with Gasteiger partial charge in [0.2, 0.25) is 5.91 Å². The molecule has 0 aliphatic heterocycles. The highest BCUT2D eigenvalue weighted by atomic mass is 16.5. The van der Waals surface area contributed by atoms with Crippen LogP contribution in [0.4, 0.5) is 0 Å². The molecule has 1 amide bonds. The van der Waals surface area contributed by atoms with Crippen LogP contribution in [-0.2, 0) is 11.2 Å². The molecule has 1 N–H and O–H groups in total. The number of amides is 1. The zero-order chi connectivity index (χ0) is 16.5. The smallest absolute Gasteiger partial charge is 0.234 e. The number of carbonyl (C=O) groups excluding carboxylic acids is 1. The number of nitrogens with zero attached hydrogens (tertiary/aromatic N) is 1. The van der Waals surface area contributed by atoms with Crippen LogP contribution in [0, 0.1) is 11.3 Å². The van der Waals surface area contributed by atoms with Gasteiger partial charge in [0.1, 0.15) is 12.2 Å². The van der Waals surface area contributed by atoms with Crippen LogP contribution in [0.5, 0.6) is 17.2 Å². The Morgan fingerprint density at radius 2 is 1.83 bits per heavy atom. The molecule has 0 saturated carbocycles. The summed E-state index contributed by atoms with van der Waals surface area (Å²) in [5.74, 6) is 1.80. The highest BCUT2D eigenvalue weighted by Gasteiger charge is 2.04. The molecule has 0 radical (unpaired) electrons. The number of carbonyl (C=O) groups is 1. The summed E-state index contributed by atoms with van der Waals surface area (Å²) >= 11 is 0. The molecular formula is C18H18N2O3. The number of hydrogen-bond acceptors (Lipinski definition) is 4. The normalized spacial score (nSPS) is 9.74. The minimum absolute atomic E-state index is 0.105. The van der Waals surface area contributed by atoms with Gasteiger partial charge in [-0.2, -0.15) is 5.26 Å². The lowest BCUT2D eigenvalue weighted by atomic mass is 10.1. The van der Waals surface area contributed by atoms with Gasteiger partial charge in [-0.15, -0.1) is 0 Å². The van der Waals surface area contributed by atoms with E-state index in [1.165, 1.54) is 0 Å². The molecule has 2 rings (SSSR count). The van der Waals surface area contributed by atoms with Gasteiger partial charge in [-0.05, 0) is 36.2 Å². The summed E-state index contributed by atoms with van der Waals surface area (Å²) in [6, 6.07) is 16.9. The van der Waals surface area contributed by atoms with Gasteiger partial charge in [0.25, 0.3) is 0 Å². The first-order valence-corrected chi connectivity index (χ1v) is 7.26. The standard InChI is InChI=1S/C18H18N2O3/c1-22-16-4-2-3-5-17(16)23-15-8-6-14(7-9-15)11-13-20-18(21)10-12-19/h2-9H,10-11,13H2,1H3,(H,20,21). The molecule has 2 aromatic rings. The highest BCUT2D eigenvalue weighted by molar-refractivity contribution is 5.77. The number of hydrogen-bond donors (Lipinski definition) is 1. The molecule has 0 fully saturated rings. The lowest BCUT2D eigenvalue weighted by Crippen LogP contribution is -2.24. The Kier molecular flexibility index (Phi) is 6.01. The Morgan fingerprint density at radius 1 is 1.13 bits per heavy atom. The van der Waals surface area contributed by atoms with Gasteiger partial charge < -0.3 is 14.8 Å². The first-order chi connectivity index (χ1) is 11.2. The van der Waals surface area contributed by atoms with E-state index >= 15 is 0 Å². The molecule has 0 spiro atoms. The largest absolute Gasteiger partial charge is 0.493 e. The molecular weight excluding hydrogens is 292 g/mol. The summed E-state index contributed by atoms with van der Waals surface area (Å²) in [7, 11) is 1.60. The average molecular weight is 310 g/mol. The highest BCUT2D eigenvalue weighted by Crippen LogP contribution is 2.30. The van der Waals surface area contributed by atoms with Crippen molar-refractivity contribution in [3.8, 4) is 23.3 Å². The molecule has 0 aliphatic carbocycles. The van der Waals surface area contributed by atoms with Crippen LogP contribution in [0.2, 0.25) is 0 Å². The van der Waals surface area contributed by atoms with E-state index in [0.29, 0.717) is 30.2 Å². The van der Waals surface area contributed by atoms with Crippen LogP contribution >= 0.6 is 0 Å². The number of methoxy groups -OCH3 is 1. The predicted octanol–water partition coefficient (Wildman–Crippen LogP) is 3.06. The van der Waals surface area contributed by atoms with E-state index in [1.807, 2.05) is 54.6 Å². The van der Waals surface area contributed by atoms with Gasteiger partial charge in [0.15, 0.2) is 11.5 Å². The van der Waals surface area contributed by atoms with Gasteiger partial charge in [-0.3, -0.25) is 4.79 Å². The zero-order valence-corrected chi connectivity index (χ0v) is 12.9. The number of benzene rings is 2. The molecule has 0 unspecified atom stereocenters. The maximum atomic E-state index is 11.2. The SMILES string of the molecule is COc1ccccc1Oc1ccc(CCNC(=O)CC#N)cc1. The third-order valence-electron chi connectivity index (χ3n) is 3.20. The molecule has 0 bridgehead atoms.